The van der Waals surface area contributed by atoms with Crippen LogP contribution in [0.3, 0.4) is 0 Å². The highest BCUT2D eigenvalue weighted by Crippen LogP contribution is 2.37. The van der Waals surface area contributed by atoms with E-state index in [1.165, 1.54) is 11.3 Å². The molecule has 0 atom stereocenters. The van der Waals surface area contributed by atoms with Gasteiger partial charge >= 0.3 is 5.97 Å². The molecule has 10 nitrogen and oxygen atoms in total. The van der Waals surface area contributed by atoms with Crippen molar-refractivity contribution in [1.29, 1.82) is 0 Å². The van der Waals surface area contributed by atoms with Crippen molar-refractivity contribution in [2.45, 2.75) is 46.5 Å². The summed E-state index contributed by atoms with van der Waals surface area (Å²) < 4.78 is 0.948. The van der Waals surface area contributed by atoms with E-state index in [1.807, 2.05) is 30.9 Å². The molecule has 3 aromatic heterocycles. The number of carboxylic acids is 1. The molecular formula is C28H31N7O3S. The first-order chi connectivity index (χ1) is 18.8. The maximum Gasteiger partial charge on any atom is 0.309 e. The Balaban J connectivity index is 1.48. The third kappa shape index (κ3) is 5.58. The average Bonchev–Trinajstić information content (AvgIpc) is 3.35. The highest BCUT2D eigenvalue weighted by atomic mass is 32.1. The van der Waals surface area contributed by atoms with E-state index in [9.17, 15) is 14.7 Å². The van der Waals surface area contributed by atoms with Crippen molar-refractivity contribution in [2.24, 2.45) is 5.41 Å². The first kappa shape index (κ1) is 26.6. The highest BCUT2D eigenvalue weighted by Gasteiger charge is 2.37. The first-order valence-electron chi connectivity index (χ1n) is 13.1. The van der Waals surface area contributed by atoms with Crippen LogP contribution in [0.15, 0.2) is 36.9 Å². The number of hydrogen-bond donors (Lipinski definition) is 2. The van der Waals surface area contributed by atoms with Crippen LogP contribution in [0.4, 0.5) is 5.95 Å². The lowest BCUT2D eigenvalue weighted by molar-refractivity contribution is -0.149. The van der Waals surface area contributed by atoms with Crippen LogP contribution in [0.25, 0.3) is 32.6 Å². The molecule has 1 aromatic carbocycles. The number of anilines is 1. The molecule has 0 aliphatic carbocycles. The number of benzene rings is 1. The second kappa shape index (κ2) is 11.0. The van der Waals surface area contributed by atoms with Gasteiger partial charge in [0.05, 0.1) is 39.6 Å². The number of nitrogens with zero attached hydrogens (tertiary/aromatic N) is 6. The molecule has 39 heavy (non-hydrogen) atoms. The smallest absolute Gasteiger partial charge is 0.309 e. The molecular weight excluding hydrogens is 514 g/mol. The van der Waals surface area contributed by atoms with Gasteiger partial charge in [-0.1, -0.05) is 6.92 Å². The van der Waals surface area contributed by atoms with E-state index in [2.05, 4.69) is 25.3 Å². The Bertz CT molecular complexity index is 1490. The average molecular weight is 546 g/mol. The van der Waals surface area contributed by atoms with Crippen molar-refractivity contribution in [3.63, 3.8) is 0 Å². The van der Waals surface area contributed by atoms with E-state index in [4.69, 9.17) is 4.98 Å². The Morgan fingerprint density at radius 1 is 1.03 bits per heavy atom. The monoisotopic (exact) mass is 545 g/mol. The van der Waals surface area contributed by atoms with Gasteiger partial charge in [-0.3, -0.25) is 19.6 Å². The van der Waals surface area contributed by atoms with Gasteiger partial charge in [-0.25, -0.2) is 15.0 Å². The molecule has 1 aliphatic heterocycles. The SMILES string of the molecule is CCNC(=O)Cc1nc2cc(-c3cnc(N4CCC(C)(C(=O)O)CC4)nc3)cc(-c3cnc(CC)cn3)c2s1. The van der Waals surface area contributed by atoms with Crippen molar-refractivity contribution in [1.82, 2.24) is 30.2 Å². The fourth-order valence-electron chi connectivity index (χ4n) is 4.63. The molecule has 11 heteroatoms. The van der Waals surface area contributed by atoms with Crippen LogP contribution in [0.1, 0.15) is 44.3 Å². The summed E-state index contributed by atoms with van der Waals surface area (Å²) in [6, 6.07) is 4.03. The largest absolute Gasteiger partial charge is 0.481 e. The number of nitrogens with one attached hydrogen (secondary N) is 1. The molecule has 1 amide bonds. The minimum Gasteiger partial charge on any atom is -0.481 e. The number of carbonyl (C=O) groups is 2. The summed E-state index contributed by atoms with van der Waals surface area (Å²) >= 11 is 1.49. The number of carbonyl (C=O) groups excluding carboxylic acids is 1. The second-order valence-corrected chi connectivity index (χ2v) is 11.1. The number of aryl methyl sites for hydroxylation is 1. The van der Waals surface area contributed by atoms with Crippen LogP contribution in [0.5, 0.6) is 0 Å². The molecule has 0 saturated carbocycles. The summed E-state index contributed by atoms with van der Waals surface area (Å²) in [6.07, 6.45) is 9.25. The van der Waals surface area contributed by atoms with E-state index in [1.54, 1.807) is 31.7 Å². The molecule has 5 rings (SSSR count). The summed E-state index contributed by atoms with van der Waals surface area (Å²) in [5.41, 5.74) is 4.33. The number of carboxylic acid groups (broad SMARTS) is 1. The fourth-order valence-corrected chi connectivity index (χ4v) is 5.70. The normalized spacial score (nSPS) is 14.9. The lowest BCUT2D eigenvalue weighted by Gasteiger charge is -2.36. The van der Waals surface area contributed by atoms with Crippen molar-refractivity contribution in [2.75, 3.05) is 24.5 Å². The Labute approximate surface area is 230 Å². The zero-order valence-corrected chi connectivity index (χ0v) is 23.1. The van der Waals surface area contributed by atoms with E-state index in [0.29, 0.717) is 38.4 Å². The predicted octanol–water partition coefficient (Wildman–Crippen LogP) is 4.14. The van der Waals surface area contributed by atoms with E-state index in [0.717, 1.165) is 49.7 Å². The number of rotatable bonds is 8. The van der Waals surface area contributed by atoms with Gasteiger partial charge < -0.3 is 15.3 Å². The summed E-state index contributed by atoms with van der Waals surface area (Å²) in [6.45, 7) is 7.49. The van der Waals surface area contributed by atoms with E-state index >= 15 is 0 Å². The molecule has 202 valence electrons. The van der Waals surface area contributed by atoms with Gasteiger partial charge in [0, 0.05) is 49.4 Å². The number of aliphatic carboxylic acids is 1. The van der Waals surface area contributed by atoms with Crippen LogP contribution >= 0.6 is 11.3 Å². The standard InChI is InChI=1S/C28H31N7O3S/c1-4-19-15-31-22(16-30-19)20-10-17(11-21-25(20)39-24(34-21)12-23(36)29-5-2)18-13-32-27(33-14-18)35-8-6-28(3,7-9-35)26(37)38/h10-11,13-16H,4-9,12H2,1-3H3,(H,29,36)(H,37,38). The second-order valence-electron chi connectivity index (χ2n) is 9.98. The lowest BCUT2D eigenvalue weighted by atomic mass is 9.80. The summed E-state index contributed by atoms with van der Waals surface area (Å²) in [7, 11) is 0. The summed E-state index contributed by atoms with van der Waals surface area (Å²) in [4.78, 5) is 49.0. The number of thiazole rings is 1. The van der Waals surface area contributed by atoms with Crippen molar-refractivity contribution >= 4 is 39.4 Å². The van der Waals surface area contributed by atoms with Crippen molar-refractivity contribution in [3.8, 4) is 22.4 Å². The number of hydrogen-bond acceptors (Lipinski definition) is 9. The van der Waals surface area contributed by atoms with Gasteiger partial charge in [0.25, 0.3) is 0 Å². The summed E-state index contributed by atoms with van der Waals surface area (Å²) in [5, 5.41) is 13.1. The molecule has 1 aliphatic rings. The number of likely N-dealkylation sites (N-methyl/N-ethyl adjacent to an activating group) is 1. The Hall–Kier alpha value is -3.99. The summed E-state index contributed by atoms with van der Waals surface area (Å²) in [5.74, 6) is -0.225. The molecule has 0 spiro atoms. The van der Waals surface area contributed by atoms with Gasteiger partial charge in [-0.2, -0.15) is 0 Å². The van der Waals surface area contributed by atoms with Gasteiger partial charge in [-0.05, 0) is 50.8 Å². The first-order valence-corrected chi connectivity index (χ1v) is 13.9. The number of piperidine rings is 1. The minimum atomic E-state index is -0.755. The van der Waals surface area contributed by atoms with Gasteiger partial charge in [0.15, 0.2) is 0 Å². The van der Waals surface area contributed by atoms with Crippen LogP contribution in [0.2, 0.25) is 0 Å². The Morgan fingerprint density at radius 3 is 2.38 bits per heavy atom. The number of amides is 1. The third-order valence-electron chi connectivity index (χ3n) is 7.20. The van der Waals surface area contributed by atoms with Crippen molar-refractivity contribution < 1.29 is 14.7 Å². The molecule has 0 radical (unpaired) electrons. The maximum atomic E-state index is 12.2. The van der Waals surface area contributed by atoms with E-state index < -0.39 is 11.4 Å². The van der Waals surface area contributed by atoms with Crippen LogP contribution in [-0.2, 0) is 22.4 Å². The molecule has 4 aromatic rings. The van der Waals surface area contributed by atoms with Crippen LogP contribution in [-0.4, -0.2) is 61.5 Å². The van der Waals surface area contributed by atoms with Gasteiger partial charge in [0.2, 0.25) is 11.9 Å². The number of aromatic nitrogens is 5. The van der Waals surface area contributed by atoms with Gasteiger partial charge in [0.1, 0.15) is 5.01 Å². The molecule has 0 unspecified atom stereocenters. The molecule has 0 bridgehead atoms. The van der Waals surface area contributed by atoms with Crippen LogP contribution in [0, 0.1) is 5.41 Å². The minimum absolute atomic E-state index is 0.0595. The van der Waals surface area contributed by atoms with Crippen LogP contribution < -0.4 is 10.2 Å². The van der Waals surface area contributed by atoms with E-state index in [-0.39, 0.29) is 12.3 Å². The zero-order valence-electron chi connectivity index (χ0n) is 22.3. The Morgan fingerprint density at radius 2 is 1.77 bits per heavy atom. The molecule has 2 N–H and O–H groups in total. The highest BCUT2D eigenvalue weighted by molar-refractivity contribution is 7.19. The van der Waals surface area contributed by atoms with Crippen molar-refractivity contribution in [3.05, 3.63) is 47.6 Å². The number of fused-ring (bicyclic) bond motifs is 1. The molecule has 1 saturated heterocycles. The Kier molecular flexibility index (Phi) is 7.51. The lowest BCUT2D eigenvalue weighted by Crippen LogP contribution is -2.43. The zero-order chi connectivity index (χ0) is 27.6. The molecule has 4 heterocycles. The quantitative estimate of drug-likeness (QED) is 0.335. The topological polar surface area (TPSA) is 134 Å². The fraction of sp³-hybridized carbons (Fsp3) is 0.393. The third-order valence-corrected chi connectivity index (χ3v) is 8.31. The molecule has 1 fully saturated rings. The maximum absolute atomic E-state index is 12.2. The predicted molar refractivity (Wildman–Crippen MR) is 151 cm³/mol. The van der Waals surface area contributed by atoms with Gasteiger partial charge in [-0.15, -0.1) is 11.3 Å².